The van der Waals surface area contributed by atoms with Crippen LogP contribution in [0, 0.1) is 17.7 Å². The van der Waals surface area contributed by atoms with Crippen molar-refractivity contribution in [3.8, 4) is 0 Å². The van der Waals surface area contributed by atoms with Crippen LogP contribution in [0.3, 0.4) is 0 Å². The van der Waals surface area contributed by atoms with E-state index in [9.17, 15) is 4.39 Å². The molecule has 1 aliphatic carbocycles. The first-order valence-electron chi connectivity index (χ1n) is 6.35. The molecule has 0 aromatic heterocycles. The number of halogens is 2. The summed E-state index contributed by atoms with van der Waals surface area (Å²) in [6.07, 6.45) is 3.72. The molecule has 0 heterocycles. The molecule has 1 saturated carbocycles. The van der Waals surface area contributed by atoms with Crippen LogP contribution in [0.15, 0.2) is 22.7 Å². The van der Waals surface area contributed by atoms with Gasteiger partial charge in [0, 0.05) is 0 Å². The van der Waals surface area contributed by atoms with Gasteiger partial charge in [-0.3, -0.25) is 0 Å². The second-order valence-electron chi connectivity index (χ2n) is 4.86. The summed E-state index contributed by atoms with van der Waals surface area (Å²) in [5.41, 5.74) is 1.24. The maximum absolute atomic E-state index is 13.1. The normalized spacial score (nSPS) is 23.5. The monoisotopic (exact) mass is 299 g/mol. The Bertz CT molecular complexity index is 380. The predicted octanol–water partition coefficient (Wildman–Crippen LogP) is 3.77. The second-order valence-corrected chi connectivity index (χ2v) is 5.71. The summed E-state index contributed by atoms with van der Waals surface area (Å²) in [5, 5.41) is 3.42. The van der Waals surface area contributed by atoms with E-state index in [0.29, 0.717) is 4.47 Å². The number of benzene rings is 1. The van der Waals surface area contributed by atoms with Crippen LogP contribution >= 0.6 is 15.9 Å². The van der Waals surface area contributed by atoms with Crippen molar-refractivity contribution in [2.45, 2.75) is 26.2 Å². The van der Waals surface area contributed by atoms with Gasteiger partial charge in [0.15, 0.2) is 0 Å². The lowest BCUT2D eigenvalue weighted by atomic mass is 9.70. The van der Waals surface area contributed by atoms with Gasteiger partial charge in [-0.05, 0) is 77.8 Å². The van der Waals surface area contributed by atoms with Crippen molar-refractivity contribution in [1.29, 1.82) is 0 Å². The Kier molecular flexibility index (Phi) is 4.57. The van der Waals surface area contributed by atoms with Crippen LogP contribution < -0.4 is 5.32 Å². The van der Waals surface area contributed by atoms with Gasteiger partial charge in [-0.15, -0.1) is 0 Å². The Labute approximate surface area is 111 Å². The van der Waals surface area contributed by atoms with E-state index in [1.165, 1.54) is 18.4 Å². The Morgan fingerprint density at radius 2 is 2.12 bits per heavy atom. The highest BCUT2D eigenvalue weighted by Gasteiger charge is 2.30. The summed E-state index contributed by atoms with van der Waals surface area (Å²) in [7, 11) is 0. The molecule has 2 atom stereocenters. The van der Waals surface area contributed by atoms with Gasteiger partial charge in [0.1, 0.15) is 5.82 Å². The van der Waals surface area contributed by atoms with Crippen molar-refractivity contribution < 1.29 is 4.39 Å². The molecule has 1 N–H and O–H groups in total. The Morgan fingerprint density at radius 1 is 1.35 bits per heavy atom. The molecule has 94 valence electrons. The fourth-order valence-corrected chi connectivity index (χ4v) is 2.90. The zero-order valence-corrected chi connectivity index (χ0v) is 11.8. The summed E-state index contributed by atoms with van der Waals surface area (Å²) < 4.78 is 13.7. The van der Waals surface area contributed by atoms with Gasteiger partial charge in [-0.1, -0.05) is 13.0 Å². The third-order valence-corrected chi connectivity index (χ3v) is 4.32. The van der Waals surface area contributed by atoms with Crippen LogP contribution in [0.1, 0.15) is 25.3 Å². The highest BCUT2D eigenvalue weighted by atomic mass is 79.9. The van der Waals surface area contributed by atoms with E-state index in [4.69, 9.17) is 0 Å². The SMILES string of the molecule is CCNCC1CCC1Cc1ccc(F)c(Br)c1. The molecule has 1 nitrogen and oxygen atoms in total. The van der Waals surface area contributed by atoms with Crippen LogP contribution in [-0.4, -0.2) is 13.1 Å². The lowest BCUT2D eigenvalue weighted by Crippen LogP contribution is -2.36. The van der Waals surface area contributed by atoms with E-state index in [-0.39, 0.29) is 5.82 Å². The van der Waals surface area contributed by atoms with Crippen LogP contribution in [0.4, 0.5) is 4.39 Å². The van der Waals surface area contributed by atoms with Crippen molar-refractivity contribution >= 4 is 15.9 Å². The minimum Gasteiger partial charge on any atom is -0.317 e. The van der Waals surface area contributed by atoms with Gasteiger partial charge < -0.3 is 5.32 Å². The summed E-state index contributed by atoms with van der Waals surface area (Å²) in [4.78, 5) is 0. The molecule has 17 heavy (non-hydrogen) atoms. The van der Waals surface area contributed by atoms with Gasteiger partial charge in [0.25, 0.3) is 0 Å². The first-order valence-corrected chi connectivity index (χ1v) is 7.14. The van der Waals surface area contributed by atoms with Gasteiger partial charge in [0.2, 0.25) is 0 Å². The maximum Gasteiger partial charge on any atom is 0.137 e. The highest BCUT2D eigenvalue weighted by molar-refractivity contribution is 9.10. The molecule has 1 fully saturated rings. The maximum atomic E-state index is 13.1. The summed E-state index contributed by atoms with van der Waals surface area (Å²) in [5.74, 6) is 1.40. The molecule has 0 spiro atoms. The largest absolute Gasteiger partial charge is 0.317 e. The average molecular weight is 300 g/mol. The number of rotatable bonds is 5. The van der Waals surface area contributed by atoms with Crippen molar-refractivity contribution in [2.75, 3.05) is 13.1 Å². The van der Waals surface area contributed by atoms with Gasteiger partial charge in [-0.25, -0.2) is 4.39 Å². The fraction of sp³-hybridized carbons (Fsp3) is 0.571. The van der Waals surface area contributed by atoms with Crippen molar-refractivity contribution in [3.05, 3.63) is 34.1 Å². The smallest absolute Gasteiger partial charge is 0.137 e. The van der Waals surface area contributed by atoms with E-state index < -0.39 is 0 Å². The van der Waals surface area contributed by atoms with Crippen LogP contribution in [0.2, 0.25) is 0 Å². The molecule has 1 aromatic rings. The third-order valence-electron chi connectivity index (χ3n) is 3.71. The molecule has 1 aliphatic rings. The van der Waals surface area contributed by atoms with E-state index in [2.05, 4.69) is 28.2 Å². The van der Waals surface area contributed by atoms with Crippen molar-refractivity contribution in [1.82, 2.24) is 5.32 Å². The topological polar surface area (TPSA) is 12.0 Å². The van der Waals surface area contributed by atoms with Gasteiger partial charge >= 0.3 is 0 Å². The number of nitrogens with one attached hydrogen (secondary N) is 1. The average Bonchev–Trinajstić information content (AvgIpc) is 2.29. The Balaban J connectivity index is 1.90. The fourth-order valence-electron chi connectivity index (χ4n) is 2.47. The molecule has 0 radical (unpaired) electrons. The van der Waals surface area contributed by atoms with Crippen LogP contribution in [0.25, 0.3) is 0 Å². The molecule has 2 rings (SSSR count). The molecular weight excluding hydrogens is 281 g/mol. The van der Waals surface area contributed by atoms with E-state index >= 15 is 0 Å². The number of hydrogen-bond donors (Lipinski definition) is 1. The Hall–Kier alpha value is -0.410. The summed E-state index contributed by atoms with van der Waals surface area (Å²) >= 11 is 3.25. The molecule has 0 saturated heterocycles. The minimum absolute atomic E-state index is 0.174. The molecule has 0 bridgehead atoms. The van der Waals surface area contributed by atoms with Crippen molar-refractivity contribution in [2.24, 2.45) is 11.8 Å². The van der Waals surface area contributed by atoms with E-state index in [0.717, 1.165) is 31.3 Å². The quantitative estimate of drug-likeness (QED) is 0.873. The lowest BCUT2D eigenvalue weighted by Gasteiger charge is -2.37. The third kappa shape index (κ3) is 3.29. The number of hydrogen-bond acceptors (Lipinski definition) is 1. The van der Waals surface area contributed by atoms with Crippen LogP contribution in [0.5, 0.6) is 0 Å². The predicted molar refractivity (Wildman–Crippen MR) is 72.6 cm³/mol. The zero-order valence-electron chi connectivity index (χ0n) is 10.2. The lowest BCUT2D eigenvalue weighted by molar-refractivity contribution is 0.172. The van der Waals surface area contributed by atoms with E-state index in [1.54, 1.807) is 6.07 Å². The standard InChI is InChI=1S/C14H19BrFN/c1-2-17-9-12-5-4-11(12)7-10-3-6-14(16)13(15)8-10/h3,6,8,11-12,17H,2,4-5,7,9H2,1H3. The highest BCUT2D eigenvalue weighted by Crippen LogP contribution is 2.36. The molecular formula is C14H19BrFN. The van der Waals surface area contributed by atoms with Gasteiger partial charge in [-0.2, -0.15) is 0 Å². The molecule has 2 unspecified atom stereocenters. The molecule has 0 aliphatic heterocycles. The summed E-state index contributed by atoms with van der Waals surface area (Å²) in [6, 6.07) is 5.37. The molecule has 1 aromatic carbocycles. The Morgan fingerprint density at radius 3 is 2.71 bits per heavy atom. The molecule has 3 heteroatoms. The van der Waals surface area contributed by atoms with Crippen LogP contribution in [-0.2, 0) is 6.42 Å². The van der Waals surface area contributed by atoms with Gasteiger partial charge in [0.05, 0.1) is 4.47 Å². The first-order chi connectivity index (χ1) is 8.20. The van der Waals surface area contributed by atoms with Crippen molar-refractivity contribution in [3.63, 3.8) is 0 Å². The minimum atomic E-state index is -0.174. The molecule has 0 amide bonds. The summed E-state index contributed by atoms with van der Waals surface area (Å²) in [6.45, 7) is 4.32. The van der Waals surface area contributed by atoms with E-state index in [1.807, 2.05) is 12.1 Å². The zero-order chi connectivity index (χ0) is 12.3. The second kappa shape index (κ2) is 5.96. The first kappa shape index (κ1) is 13.0.